The van der Waals surface area contributed by atoms with E-state index in [9.17, 15) is 5.11 Å². The van der Waals surface area contributed by atoms with Crippen molar-refractivity contribution in [3.63, 3.8) is 0 Å². The summed E-state index contributed by atoms with van der Waals surface area (Å²) in [7, 11) is 2.02. The highest BCUT2D eigenvalue weighted by molar-refractivity contribution is 5.76. The molecule has 1 aliphatic rings. The molecule has 3 rings (SSSR count). The van der Waals surface area contributed by atoms with Crippen LogP contribution in [0.3, 0.4) is 0 Å². The molecular weight excluding hydrogens is 262 g/mol. The van der Waals surface area contributed by atoms with Gasteiger partial charge in [0.05, 0.1) is 17.1 Å². The molecule has 1 heterocycles. The lowest BCUT2D eigenvalue weighted by molar-refractivity contribution is 0.129. The van der Waals surface area contributed by atoms with Crippen molar-refractivity contribution in [1.82, 2.24) is 14.9 Å². The molecule has 0 bridgehead atoms. The Morgan fingerprint density at radius 2 is 2.05 bits per heavy atom. The van der Waals surface area contributed by atoms with Gasteiger partial charge in [-0.1, -0.05) is 18.9 Å². The van der Waals surface area contributed by atoms with E-state index in [4.69, 9.17) is 0 Å². The highest BCUT2D eigenvalue weighted by Crippen LogP contribution is 2.25. The fourth-order valence-electron chi connectivity index (χ4n) is 3.37. The van der Waals surface area contributed by atoms with Gasteiger partial charge in [0.2, 0.25) is 0 Å². The van der Waals surface area contributed by atoms with Gasteiger partial charge in [0.25, 0.3) is 0 Å². The maximum Gasteiger partial charge on any atom is 0.106 e. The van der Waals surface area contributed by atoms with E-state index in [-0.39, 0.29) is 6.04 Å². The minimum absolute atomic E-state index is 0.0651. The second-order valence-corrected chi connectivity index (χ2v) is 6.35. The maximum atomic E-state index is 10.6. The van der Waals surface area contributed by atoms with E-state index in [1.165, 1.54) is 25.7 Å². The Balaban J connectivity index is 1.78. The predicted molar refractivity (Wildman–Crippen MR) is 85.3 cm³/mol. The Morgan fingerprint density at radius 3 is 2.76 bits per heavy atom. The normalized spacial score (nSPS) is 19.2. The molecule has 2 atom stereocenters. The SMILES string of the molecule is Cc1nc2cc(C(O)C(C)NC3CCCC3)ccc2n1C. The molecule has 0 amide bonds. The number of benzene rings is 1. The standard InChI is InChI=1S/C17H25N3O/c1-11(18-14-6-4-5-7-14)17(21)13-8-9-16-15(10-13)19-12(2)20(16)3/h8-11,14,17-18,21H,4-7H2,1-3H3. The van der Waals surface area contributed by atoms with Crippen molar-refractivity contribution in [3.05, 3.63) is 29.6 Å². The quantitative estimate of drug-likeness (QED) is 0.909. The molecule has 2 aromatic rings. The molecule has 21 heavy (non-hydrogen) atoms. The van der Waals surface area contributed by atoms with Crippen molar-refractivity contribution in [3.8, 4) is 0 Å². The first-order chi connectivity index (χ1) is 10.1. The van der Waals surface area contributed by atoms with Gasteiger partial charge in [-0.15, -0.1) is 0 Å². The average Bonchev–Trinajstić information content (AvgIpc) is 3.07. The minimum Gasteiger partial charge on any atom is -0.387 e. The van der Waals surface area contributed by atoms with Crippen molar-refractivity contribution in [1.29, 1.82) is 0 Å². The average molecular weight is 287 g/mol. The number of imidazole rings is 1. The van der Waals surface area contributed by atoms with Gasteiger partial charge < -0.3 is 15.0 Å². The molecule has 114 valence electrons. The van der Waals surface area contributed by atoms with Crippen molar-refractivity contribution in [2.45, 2.75) is 57.7 Å². The van der Waals surface area contributed by atoms with Crippen LogP contribution in [0.1, 0.15) is 50.1 Å². The Hall–Kier alpha value is -1.39. The van der Waals surface area contributed by atoms with E-state index < -0.39 is 6.10 Å². The van der Waals surface area contributed by atoms with Gasteiger partial charge >= 0.3 is 0 Å². The van der Waals surface area contributed by atoms with Gasteiger partial charge in [-0.3, -0.25) is 0 Å². The molecule has 2 N–H and O–H groups in total. The molecule has 4 heteroatoms. The Bertz CT molecular complexity index is 628. The molecular formula is C17H25N3O. The van der Waals surface area contributed by atoms with Crippen LogP contribution in [0, 0.1) is 6.92 Å². The summed E-state index contributed by atoms with van der Waals surface area (Å²) >= 11 is 0. The monoisotopic (exact) mass is 287 g/mol. The van der Waals surface area contributed by atoms with Gasteiger partial charge in [-0.2, -0.15) is 0 Å². The molecule has 4 nitrogen and oxygen atoms in total. The number of nitrogens with one attached hydrogen (secondary N) is 1. The third-order valence-electron chi connectivity index (χ3n) is 4.80. The van der Waals surface area contributed by atoms with Crippen LogP contribution in [0.15, 0.2) is 18.2 Å². The van der Waals surface area contributed by atoms with Gasteiger partial charge in [0.15, 0.2) is 0 Å². The third kappa shape index (κ3) is 2.83. The van der Waals surface area contributed by atoms with E-state index >= 15 is 0 Å². The molecule has 1 saturated carbocycles. The van der Waals surface area contributed by atoms with Gasteiger partial charge in [-0.05, 0) is 44.4 Å². The Labute approximate surface area is 126 Å². The number of aryl methyl sites for hydroxylation is 2. The molecule has 0 saturated heterocycles. The van der Waals surface area contributed by atoms with Crippen LogP contribution < -0.4 is 5.32 Å². The van der Waals surface area contributed by atoms with E-state index in [1.807, 2.05) is 26.1 Å². The lowest BCUT2D eigenvalue weighted by atomic mass is 10.0. The summed E-state index contributed by atoms with van der Waals surface area (Å²) in [6.07, 6.45) is 4.59. The zero-order chi connectivity index (χ0) is 15.0. The molecule has 0 radical (unpaired) electrons. The lowest BCUT2D eigenvalue weighted by Crippen LogP contribution is -2.38. The summed E-state index contributed by atoms with van der Waals surface area (Å²) < 4.78 is 2.08. The van der Waals surface area contributed by atoms with Crippen LogP contribution in [0.5, 0.6) is 0 Å². The van der Waals surface area contributed by atoms with Gasteiger partial charge in [0, 0.05) is 19.1 Å². The van der Waals surface area contributed by atoms with Crippen LogP contribution in [-0.4, -0.2) is 26.7 Å². The van der Waals surface area contributed by atoms with Crippen LogP contribution in [-0.2, 0) is 7.05 Å². The first-order valence-corrected chi connectivity index (χ1v) is 7.93. The topological polar surface area (TPSA) is 50.1 Å². The molecule has 0 aliphatic heterocycles. The van der Waals surface area contributed by atoms with Crippen molar-refractivity contribution >= 4 is 11.0 Å². The molecule has 1 aliphatic carbocycles. The Kier molecular flexibility index (Phi) is 4.00. The minimum atomic E-state index is -0.489. The molecule has 2 unspecified atom stereocenters. The summed E-state index contributed by atoms with van der Waals surface area (Å²) in [4.78, 5) is 4.55. The molecule has 0 spiro atoms. The molecule has 1 aromatic heterocycles. The van der Waals surface area contributed by atoms with E-state index in [2.05, 4.69) is 27.9 Å². The summed E-state index contributed by atoms with van der Waals surface area (Å²) in [6, 6.07) is 6.71. The number of hydrogen-bond acceptors (Lipinski definition) is 3. The zero-order valence-corrected chi connectivity index (χ0v) is 13.1. The Morgan fingerprint density at radius 1 is 1.33 bits per heavy atom. The predicted octanol–water partition coefficient (Wildman–Crippen LogP) is 2.84. The second kappa shape index (κ2) is 5.78. The van der Waals surface area contributed by atoms with Gasteiger partial charge in [-0.25, -0.2) is 4.98 Å². The maximum absolute atomic E-state index is 10.6. The van der Waals surface area contributed by atoms with Crippen molar-refractivity contribution in [2.75, 3.05) is 0 Å². The third-order valence-corrected chi connectivity index (χ3v) is 4.80. The molecule has 1 aromatic carbocycles. The first-order valence-electron chi connectivity index (χ1n) is 7.93. The van der Waals surface area contributed by atoms with Crippen LogP contribution in [0.4, 0.5) is 0 Å². The fraction of sp³-hybridized carbons (Fsp3) is 0.588. The summed E-state index contributed by atoms with van der Waals surface area (Å²) in [5.41, 5.74) is 3.01. The summed E-state index contributed by atoms with van der Waals surface area (Å²) in [5.74, 6) is 0.994. The fourth-order valence-corrected chi connectivity index (χ4v) is 3.37. The number of rotatable bonds is 4. The smallest absolute Gasteiger partial charge is 0.106 e. The van der Waals surface area contributed by atoms with Gasteiger partial charge in [0.1, 0.15) is 5.82 Å². The second-order valence-electron chi connectivity index (χ2n) is 6.35. The van der Waals surface area contributed by atoms with Crippen LogP contribution >= 0.6 is 0 Å². The number of fused-ring (bicyclic) bond motifs is 1. The zero-order valence-electron chi connectivity index (χ0n) is 13.1. The number of aliphatic hydroxyl groups excluding tert-OH is 1. The lowest BCUT2D eigenvalue weighted by Gasteiger charge is -2.24. The van der Waals surface area contributed by atoms with Crippen LogP contribution in [0.2, 0.25) is 0 Å². The van der Waals surface area contributed by atoms with E-state index in [0.29, 0.717) is 6.04 Å². The molecule has 1 fully saturated rings. The number of aromatic nitrogens is 2. The largest absolute Gasteiger partial charge is 0.387 e. The van der Waals surface area contributed by atoms with E-state index in [0.717, 1.165) is 22.4 Å². The number of hydrogen-bond donors (Lipinski definition) is 2. The van der Waals surface area contributed by atoms with Crippen LogP contribution in [0.25, 0.3) is 11.0 Å². The first kappa shape index (κ1) is 14.5. The summed E-state index contributed by atoms with van der Waals surface area (Å²) in [6.45, 7) is 4.07. The number of nitrogens with zero attached hydrogens (tertiary/aromatic N) is 2. The summed E-state index contributed by atoms with van der Waals surface area (Å²) in [5, 5.41) is 14.2. The van der Waals surface area contributed by atoms with Crippen molar-refractivity contribution < 1.29 is 5.11 Å². The van der Waals surface area contributed by atoms with E-state index in [1.54, 1.807) is 0 Å². The number of aliphatic hydroxyl groups is 1. The van der Waals surface area contributed by atoms with Crippen molar-refractivity contribution in [2.24, 2.45) is 7.05 Å². The highest BCUT2D eigenvalue weighted by atomic mass is 16.3. The highest BCUT2D eigenvalue weighted by Gasteiger charge is 2.22.